The predicted molar refractivity (Wildman–Crippen MR) is 70.8 cm³/mol. The Kier molecular flexibility index (Phi) is 3.45. The molecule has 0 bridgehead atoms. The average molecular weight is 317 g/mol. The maximum absolute atomic E-state index is 6.25. The molecule has 0 atom stereocenters. The van der Waals surface area contributed by atoms with Crippen LogP contribution in [0.1, 0.15) is 25.7 Å². The first-order valence-corrected chi connectivity index (χ1v) is 6.40. The molecule has 1 aliphatic carbocycles. The fourth-order valence-corrected chi connectivity index (χ4v) is 2.32. The zero-order valence-electron chi connectivity index (χ0n) is 8.67. The Balaban J connectivity index is 1.90. The molecule has 82 valence electrons. The molecule has 1 saturated carbocycles. The van der Waals surface area contributed by atoms with Gasteiger partial charge in [0.2, 0.25) is 0 Å². The van der Waals surface area contributed by atoms with Gasteiger partial charge in [0, 0.05) is 21.9 Å². The SMILES string of the molecule is NC1(CNc2ccc(I)cn2)CCCC1. The molecular weight excluding hydrogens is 301 g/mol. The van der Waals surface area contributed by atoms with Crippen molar-refractivity contribution in [3.05, 3.63) is 21.9 Å². The number of hydrogen-bond acceptors (Lipinski definition) is 3. The van der Waals surface area contributed by atoms with Crippen molar-refractivity contribution in [3.8, 4) is 0 Å². The fourth-order valence-electron chi connectivity index (χ4n) is 2.00. The zero-order chi connectivity index (χ0) is 10.7. The number of halogens is 1. The molecule has 0 unspecified atom stereocenters. The van der Waals surface area contributed by atoms with Gasteiger partial charge in [-0.25, -0.2) is 4.98 Å². The summed E-state index contributed by atoms with van der Waals surface area (Å²) in [5, 5.41) is 3.31. The van der Waals surface area contributed by atoms with E-state index in [0.29, 0.717) is 0 Å². The van der Waals surface area contributed by atoms with Gasteiger partial charge in [0.1, 0.15) is 5.82 Å². The Bertz CT molecular complexity index is 317. The smallest absolute Gasteiger partial charge is 0.126 e. The third-order valence-corrected chi connectivity index (χ3v) is 3.59. The quantitative estimate of drug-likeness (QED) is 0.842. The van der Waals surface area contributed by atoms with Crippen molar-refractivity contribution in [2.45, 2.75) is 31.2 Å². The first-order valence-electron chi connectivity index (χ1n) is 5.32. The van der Waals surface area contributed by atoms with Crippen LogP contribution in [0.5, 0.6) is 0 Å². The monoisotopic (exact) mass is 317 g/mol. The van der Waals surface area contributed by atoms with Gasteiger partial charge in [0.15, 0.2) is 0 Å². The summed E-state index contributed by atoms with van der Waals surface area (Å²) in [6, 6.07) is 4.05. The number of hydrogen-bond donors (Lipinski definition) is 2. The zero-order valence-corrected chi connectivity index (χ0v) is 10.8. The van der Waals surface area contributed by atoms with Crippen molar-refractivity contribution in [2.75, 3.05) is 11.9 Å². The van der Waals surface area contributed by atoms with E-state index in [0.717, 1.165) is 28.8 Å². The molecule has 1 aromatic heterocycles. The molecule has 1 fully saturated rings. The lowest BCUT2D eigenvalue weighted by Crippen LogP contribution is -2.43. The minimum Gasteiger partial charge on any atom is -0.368 e. The molecule has 0 radical (unpaired) electrons. The van der Waals surface area contributed by atoms with Gasteiger partial charge in [0.25, 0.3) is 0 Å². The molecular formula is C11H16IN3. The van der Waals surface area contributed by atoms with Crippen molar-refractivity contribution in [3.63, 3.8) is 0 Å². The van der Waals surface area contributed by atoms with Crippen LogP contribution in [-0.4, -0.2) is 17.1 Å². The summed E-state index contributed by atoms with van der Waals surface area (Å²) in [7, 11) is 0. The molecule has 3 nitrogen and oxygen atoms in total. The molecule has 1 aliphatic rings. The summed E-state index contributed by atoms with van der Waals surface area (Å²) < 4.78 is 1.15. The molecule has 3 N–H and O–H groups in total. The summed E-state index contributed by atoms with van der Waals surface area (Å²) in [6.07, 6.45) is 6.64. The van der Waals surface area contributed by atoms with Crippen molar-refractivity contribution in [2.24, 2.45) is 5.73 Å². The Hall–Kier alpha value is -0.360. The van der Waals surface area contributed by atoms with Crippen LogP contribution in [0.2, 0.25) is 0 Å². The number of rotatable bonds is 3. The lowest BCUT2D eigenvalue weighted by atomic mass is 9.99. The van der Waals surface area contributed by atoms with Crippen LogP contribution in [0.15, 0.2) is 18.3 Å². The van der Waals surface area contributed by atoms with Gasteiger partial charge >= 0.3 is 0 Å². The topological polar surface area (TPSA) is 50.9 Å². The summed E-state index contributed by atoms with van der Waals surface area (Å²) in [5.41, 5.74) is 6.24. The maximum atomic E-state index is 6.25. The van der Waals surface area contributed by atoms with E-state index in [1.54, 1.807) is 0 Å². The second-order valence-corrected chi connectivity index (χ2v) is 5.53. The normalized spacial score (nSPS) is 19.1. The van der Waals surface area contributed by atoms with Crippen LogP contribution >= 0.6 is 22.6 Å². The number of nitrogens with two attached hydrogens (primary N) is 1. The fraction of sp³-hybridized carbons (Fsp3) is 0.545. The molecule has 1 aromatic rings. The molecule has 15 heavy (non-hydrogen) atoms. The van der Waals surface area contributed by atoms with Gasteiger partial charge < -0.3 is 11.1 Å². The number of nitrogens with zero attached hydrogens (tertiary/aromatic N) is 1. The van der Waals surface area contributed by atoms with Crippen LogP contribution < -0.4 is 11.1 Å². The van der Waals surface area contributed by atoms with Crippen LogP contribution in [-0.2, 0) is 0 Å². The van der Waals surface area contributed by atoms with Gasteiger partial charge in [-0.3, -0.25) is 0 Å². The molecule has 2 rings (SSSR count). The summed E-state index contributed by atoms with van der Waals surface area (Å²) in [4.78, 5) is 4.30. The Morgan fingerprint density at radius 3 is 2.73 bits per heavy atom. The molecule has 0 spiro atoms. The van der Waals surface area contributed by atoms with Gasteiger partial charge in [-0.05, 0) is 47.6 Å². The Morgan fingerprint density at radius 2 is 2.13 bits per heavy atom. The highest BCUT2D eigenvalue weighted by Crippen LogP contribution is 2.27. The largest absolute Gasteiger partial charge is 0.368 e. The lowest BCUT2D eigenvalue weighted by Gasteiger charge is -2.23. The molecule has 1 heterocycles. The number of pyridine rings is 1. The van der Waals surface area contributed by atoms with Crippen LogP contribution in [0, 0.1) is 3.57 Å². The highest BCUT2D eigenvalue weighted by atomic mass is 127. The molecule has 0 aromatic carbocycles. The second kappa shape index (κ2) is 4.65. The average Bonchev–Trinajstić information content (AvgIpc) is 2.65. The van der Waals surface area contributed by atoms with E-state index in [4.69, 9.17) is 5.73 Å². The van der Waals surface area contributed by atoms with Crippen molar-refractivity contribution < 1.29 is 0 Å². The third-order valence-electron chi connectivity index (χ3n) is 2.95. The second-order valence-electron chi connectivity index (χ2n) is 4.28. The summed E-state index contributed by atoms with van der Waals surface area (Å²) in [5.74, 6) is 0.923. The molecule has 0 aliphatic heterocycles. The van der Waals surface area contributed by atoms with E-state index in [2.05, 4.69) is 32.9 Å². The van der Waals surface area contributed by atoms with Gasteiger partial charge in [-0.15, -0.1) is 0 Å². The Labute approximate surface area is 104 Å². The van der Waals surface area contributed by atoms with E-state index in [1.165, 1.54) is 12.8 Å². The first-order chi connectivity index (χ1) is 7.18. The van der Waals surface area contributed by atoms with E-state index in [9.17, 15) is 0 Å². The third kappa shape index (κ3) is 3.04. The van der Waals surface area contributed by atoms with Crippen LogP contribution in [0.4, 0.5) is 5.82 Å². The summed E-state index contributed by atoms with van der Waals surface area (Å²) >= 11 is 2.25. The molecule has 0 saturated heterocycles. The minimum atomic E-state index is -0.00925. The van der Waals surface area contributed by atoms with Crippen LogP contribution in [0.3, 0.4) is 0 Å². The number of aromatic nitrogens is 1. The standard InChI is InChI=1S/C11H16IN3/c12-9-3-4-10(14-7-9)15-8-11(13)5-1-2-6-11/h3-4,7H,1-2,5-6,8,13H2,(H,14,15). The van der Waals surface area contributed by atoms with E-state index in [-0.39, 0.29) is 5.54 Å². The number of nitrogens with one attached hydrogen (secondary N) is 1. The van der Waals surface area contributed by atoms with Crippen molar-refractivity contribution >= 4 is 28.4 Å². The van der Waals surface area contributed by atoms with E-state index in [1.807, 2.05) is 18.3 Å². The van der Waals surface area contributed by atoms with Crippen molar-refractivity contribution in [1.29, 1.82) is 0 Å². The highest BCUT2D eigenvalue weighted by Gasteiger charge is 2.28. The number of anilines is 1. The molecule has 0 amide bonds. The molecule has 4 heteroatoms. The Morgan fingerprint density at radius 1 is 1.40 bits per heavy atom. The van der Waals surface area contributed by atoms with E-state index < -0.39 is 0 Å². The maximum Gasteiger partial charge on any atom is 0.126 e. The van der Waals surface area contributed by atoms with E-state index >= 15 is 0 Å². The van der Waals surface area contributed by atoms with Gasteiger partial charge in [-0.2, -0.15) is 0 Å². The predicted octanol–water partition coefficient (Wildman–Crippen LogP) is 2.37. The minimum absolute atomic E-state index is 0.00925. The lowest BCUT2D eigenvalue weighted by molar-refractivity contribution is 0.463. The van der Waals surface area contributed by atoms with Gasteiger partial charge in [0.05, 0.1) is 0 Å². The highest BCUT2D eigenvalue weighted by molar-refractivity contribution is 14.1. The van der Waals surface area contributed by atoms with Crippen LogP contribution in [0.25, 0.3) is 0 Å². The first kappa shape index (κ1) is 11.1. The van der Waals surface area contributed by atoms with Crippen molar-refractivity contribution in [1.82, 2.24) is 4.98 Å². The van der Waals surface area contributed by atoms with Gasteiger partial charge in [-0.1, -0.05) is 12.8 Å². The summed E-state index contributed by atoms with van der Waals surface area (Å²) in [6.45, 7) is 0.834.